The van der Waals surface area contributed by atoms with E-state index in [4.69, 9.17) is 9.57 Å². The smallest absolute Gasteiger partial charge is 0.310 e. The van der Waals surface area contributed by atoms with Crippen LogP contribution in [0.4, 0.5) is 5.69 Å². The van der Waals surface area contributed by atoms with Gasteiger partial charge in [0.15, 0.2) is 0 Å². The van der Waals surface area contributed by atoms with E-state index in [9.17, 15) is 23.3 Å². The Morgan fingerprint density at radius 1 is 1.02 bits per heavy atom. The number of sulfonamides is 1. The van der Waals surface area contributed by atoms with Gasteiger partial charge in [-0.05, 0) is 68.3 Å². The predicted molar refractivity (Wildman–Crippen MR) is 153 cm³/mol. The molecule has 0 saturated carbocycles. The molecule has 1 amide bonds. The van der Waals surface area contributed by atoms with Crippen LogP contribution in [0.15, 0.2) is 82.8 Å². The van der Waals surface area contributed by atoms with Crippen LogP contribution < -0.4 is 10.0 Å². The zero-order valence-corrected chi connectivity index (χ0v) is 23.9. The average Bonchev–Trinajstić information content (AvgIpc) is 3.37. The lowest BCUT2D eigenvalue weighted by Gasteiger charge is -2.24. The monoisotopic (exact) mass is 574 g/mol. The molecule has 41 heavy (non-hydrogen) atoms. The molecule has 0 radical (unpaired) electrons. The number of anilines is 1. The number of methoxy groups -OCH3 is 1. The van der Waals surface area contributed by atoms with Crippen LogP contribution in [0.5, 0.6) is 0 Å². The van der Waals surface area contributed by atoms with Gasteiger partial charge in [-0.15, -0.1) is 0 Å². The van der Waals surface area contributed by atoms with Gasteiger partial charge in [-0.25, -0.2) is 13.1 Å². The van der Waals surface area contributed by atoms with Gasteiger partial charge in [0.25, 0.3) is 5.91 Å². The molecule has 3 aromatic rings. The Bertz CT molecular complexity index is 1650. The van der Waals surface area contributed by atoms with E-state index in [-0.39, 0.29) is 17.7 Å². The van der Waals surface area contributed by atoms with Gasteiger partial charge in [0, 0.05) is 23.2 Å². The summed E-state index contributed by atoms with van der Waals surface area (Å²) in [7, 11) is -2.49. The van der Waals surface area contributed by atoms with Gasteiger partial charge in [0.05, 0.1) is 35.8 Å². The summed E-state index contributed by atoms with van der Waals surface area (Å²) in [6.07, 6.45) is -0.382. The Balaban J connectivity index is 1.53. The van der Waals surface area contributed by atoms with Gasteiger partial charge >= 0.3 is 5.97 Å². The predicted octanol–water partition coefficient (Wildman–Crippen LogP) is 4.37. The Hall–Kier alpha value is -4.53. The molecule has 1 aliphatic heterocycles. The third-order valence-corrected chi connectivity index (χ3v) is 8.00. The first-order valence-corrected chi connectivity index (χ1v) is 14.2. The summed E-state index contributed by atoms with van der Waals surface area (Å²) in [6, 6.07) is 22.2. The van der Waals surface area contributed by atoms with Crippen molar-refractivity contribution in [2.45, 2.75) is 49.6 Å². The lowest BCUT2D eigenvalue weighted by Crippen LogP contribution is -2.45. The quantitative estimate of drug-likeness (QED) is 0.380. The minimum atomic E-state index is -3.72. The summed E-state index contributed by atoms with van der Waals surface area (Å²) in [4.78, 5) is 31.4. The van der Waals surface area contributed by atoms with E-state index < -0.39 is 33.0 Å². The second-order valence-corrected chi connectivity index (χ2v) is 12.3. The number of hydrogen-bond acceptors (Lipinski definition) is 8. The second-order valence-electron chi connectivity index (χ2n) is 10.7. The first-order valence-electron chi connectivity index (χ1n) is 12.7. The molecule has 0 spiro atoms. The minimum Gasteiger partial charge on any atom is -0.469 e. The molecule has 0 fully saturated rings. The van der Waals surface area contributed by atoms with Gasteiger partial charge in [-0.1, -0.05) is 41.6 Å². The molecule has 1 aliphatic rings. The van der Waals surface area contributed by atoms with E-state index >= 15 is 0 Å². The van der Waals surface area contributed by atoms with Crippen LogP contribution in [-0.4, -0.2) is 44.3 Å². The van der Waals surface area contributed by atoms with E-state index in [1.165, 1.54) is 13.2 Å². The fraction of sp³-hybridized carbons (Fsp3) is 0.267. The molecule has 0 bridgehead atoms. The highest BCUT2D eigenvalue weighted by molar-refractivity contribution is 7.89. The molecule has 1 atom stereocenters. The number of nitrogens with one attached hydrogen (secondary N) is 2. The molecule has 212 valence electrons. The van der Waals surface area contributed by atoms with E-state index in [1.807, 2.05) is 0 Å². The van der Waals surface area contributed by atoms with E-state index in [0.29, 0.717) is 28.1 Å². The van der Waals surface area contributed by atoms with Gasteiger partial charge in [0.2, 0.25) is 15.6 Å². The van der Waals surface area contributed by atoms with Gasteiger partial charge in [-0.3, -0.25) is 9.59 Å². The molecule has 2 N–H and O–H groups in total. The third-order valence-electron chi connectivity index (χ3n) is 6.24. The van der Waals surface area contributed by atoms with E-state index in [2.05, 4.69) is 21.3 Å². The number of carbonyl (C=O) groups is 2. The maximum atomic E-state index is 13.5. The Labute approximate surface area is 239 Å². The van der Waals surface area contributed by atoms with Crippen molar-refractivity contribution in [1.29, 1.82) is 5.26 Å². The van der Waals surface area contributed by atoms with Crippen LogP contribution in [-0.2, 0) is 29.2 Å². The highest BCUT2D eigenvalue weighted by atomic mass is 32.2. The van der Waals surface area contributed by atoms with Crippen LogP contribution >= 0.6 is 0 Å². The number of nitriles is 1. The van der Waals surface area contributed by atoms with Crippen LogP contribution in [0.1, 0.15) is 44.7 Å². The Morgan fingerprint density at radius 2 is 1.71 bits per heavy atom. The number of ether oxygens (including phenoxy) is 1. The largest absolute Gasteiger partial charge is 0.469 e. The summed E-state index contributed by atoms with van der Waals surface area (Å²) in [6.45, 7) is 5.31. The highest BCUT2D eigenvalue weighted by Gasteiger charge is 2.49. The number of rotatable bonds is 8. The molecular formula is C30H30N4O6S. The molecule has 1 heterocycles. The molecule has 0 aliphatic carbocycles. The first kappa shape index (κ1) is 29.5. The fourth-order valence-corrected chi connectivity index (χ4v) is 5.76. The van der Waals surface area contributed by atoms with E-state index in [1.54, 1.807) is 87.5 Å². The Morgan fingerprint density at radius 3 is 2.37 bits per heavy atom. The lowest BCUT2D eigenvalue weighted by atomic mass is 9.89. The van der Waals surface area contributed by atoms with Crippen molar-refractivity contribution in [3.8, 4) is 17.2 Å². The van der Waals surface area contributed by atoms with Crippen molar-refractivity contribution in [1.82, 2.24) is 4.72 Å². The zero-order chi connectivity index (χ0) is 29.8. The van der Waals surface area contributed by atoms with Gasteiger partial charge < -0.3 is 14.9 Å². The second kappa shape index (κ2) is 11.5. The molecule has 3 aromatic carbocycles. The van der Waals surface area contributed by atoms with Crippen molar-refractivity contribution in [3.05, 3.63) is 83.9 Å². The minimum absolute atomic E-state index is 0.00916. The topological polar surface area (TPSA) is 147 Å². The number of amides is 1. The molecule has 0 aromatic heterocycles. The fourth-order valence-electron chi connectivity index (χ4n) is 4.30. The summed E-state index contributed by atoms with van der Waals surface area (Å²) < 4.78 is 33.0. The molecule has 4 rings (SSSR count). The Kier molecular flexibility index (Phi) is 8.28. The van der Waals surface area contributed by atoms with Gasteiger partial charge in [-0.2, -0.15) is 5.26 Å². The van der Waals surface area contributed by atoms with Crippen LogP contribution in [0, 0.1) is 11.3 Å². The van der Waals surface area contributed by atoms with Crippen LogP contribution in [0.25, 0.3) is 11.1 Å². The van der Waals surface area contributed by atoms with Crippen molar-refractivity contribution in [2.24, 2.45) is 5.16 Å². The number of nitrogens with zero attached hydrogens (tertiary/aromatic N) is 2. The van der Waals surface area contributed by atoms with Crippen molar-refractivity contribution in [2.75, 3.05) is 12.4 Å². The standard InChI is InChI=1S/C30H30N4O6S/c1-29(2,3)34-41(37,38)25-10-6-8-22(16-25)21-11-13-24(14-12-21)32-28(36)30(18-27(35)39-4)17-26(33-40-30)23-9-5-7-20(15-23)19-31/h5-16,34H,17-18H2,1-4H3,(H,32,36). The molecule has 0 saturated heterocycles. The van der Waals surface area contributed by atoms with Crippen LogP contribution in [0.3, 0.4) is 0 Å². The summed E-state index contributed by atoms with van der Waals surface area (Å²) in [5.74, 6) is -1.24. The highest BCUT2D eigenvalue weighted by Crippen LogP contribution is 2.33. The first-order chi connectivity index (χ1) is 19.3. The zero-order valence-electron chi connectivity index (χ0n) is 23.1. The maximum Gasteiger partial charge on any atom is 0.310 e. The van der Waals surface area contributed by atoms with Crippen molar-refractivity contribution in [3.63, 3.8) is 0 Å². The number of oxime groups is 1. The third kappa shape index (κ3) is 6.98. The SMILES string of the molecule is COC(=O)CC1(C(=O)Nc2ccc(-c3cccc(S(=O)(=O)NC(C)(C)C)c3)cc2)CC(c2cccc(C#N)c2)=NO1. The molecular weight excluding hydrogens is 544 g/mol. The summed E-state index contributed by atoms with van der Waals surface area (Å²) >= 11 is 0. The maximum absolute atomic E-state index is 13.5. The number of benzene rings is 3. The number of hydrogen-bond donors (Lipinski definition) is 2. The lowest BCUT2D eigenvalue weighted by molar-refractivity contribution is -0.155. The van der Waals surface area contributed by atoms with Gasteiger partial charge in [0.1, 0.15) is 0 Å². The molecule has 10 nitrogen and oxygen atoms in total. The summed E-state index contributed by atoms with van der Waals surface area (Å²) in [5.41, 5.74) is 1.03. The van der Waals surface area contributed by atoms with Crippen LogP contribution in [0.2, 0.25) is 0 Å². The average molecular weight is 575 g/mol. The van der Waals surface area contributed by atoms with Crippen molar-refractivity contribution >= 4 is 33.3 Å². The number of esters is 1. The summed E-state index contributed by atoms with van der Waals surface area (Å²) in [5, 5.41) is 16.1. The van der Waals surface area contributed by atoms with Crippen molar-refractivity contribution < 1.29 is 27.6 Å². The molecule has 1 unspecified atom stereocenters. The van der Waals surface area contributed by atoms with E-state index in [0.717, 1.165) is 5.56 Å². The number of carbonyl (C=O) groups excluding carboxylic acids is 2. The normalized spacial score (nSPS) is 16.7. The molecule has 11 heteroatoms.